The Hall–Kier alpha value is -1.08. The fraction of sp³-hybridized carbons (Fsp3) is 0.857. The van der Waals surface area contributed by atoms with Crippen LogP contribution in [0, 0.1) is 11.3 Å². The molecule has 0 spiro atoms. The van der Waals surface area contributed by atoms with Crippen LogP contribution in [0.25, 0.3) is 0 Å². The standard InChI is InChI=1S/C14H25N3O/c1-4-16(5-2)14(18)12(3)17(11-10-15)13-8-6-7-9-13/h12-13H,4-9,11H2,1-3H3. The third kappa shape index (κ3) is 3.46. The van der Waals surface area contributed by atoms with Crippen molar-refractivity contribution in [3.63, 3.8) is 0 Å². The van der Waals surface area contributed by atoms with E-state index < -0.39 is 0 Å². The predicted octanol–water partition coefficient (Wildman–Crippen LogP) is 2.01. The van der Waals surface area contributed by atoms with Crippen LogP contribution >= 0.6 is 0 Å². The summed E-state index contributed by atoms with van der Waals surface area (Å²) in [6, 6.07) is 2.45. The molecule has 0 heterocycles. The van der Waals surface area contributed by atoms with Gasteiger partial charge in [-0.2, -0.15) is 5.26 Å². The minimum Gasteiger partial charge on any atom is -0.342 e. The largest absolute Gasteiger partial charge is 0.342 e. The smallest absolute Gasteiger partial charge is 0.239 e. The molecule has 102 valence electrons. The van der Waals surface area contributed by atoms with Crippen LogP contribution in [0.1, 0.15) is 46.5 Å². The van der Waals surface area contributed by atoms with E-state index in [9.17, 15) is 4.79 Å². The first-order valence-electron chi connectivity index (χ1n) is 7.07. The van der Waals surface area contributed by atoms with Gasteiger partial charge < -0.3 is 4.90 Å². The first-order chi connectivity index (χ1) is 8.65. The van der Waals surface area contributed by atoms with Crippen molar-refractivity contribution in [1.82, 2.24) is 9.80 Å². The Kier molecular flexibility index (Phi) is 6.14. The molecular weight excluding hydrogens is 226 g/mol. The van der Waals surface area contributed by atoms with Gasteiger partial charge in [0.15, 0.2) is 0 Å². The molecule has 1 unspecified atom stereocenters. The highest BCUT2D eigenvalue weighted by atomic mass is 16.2. The van der Waals surface area contributed by atoms with Crippen molar-refractivity contribution in [2.24, 2.45) is 0 Å². The number of carbonyl (C=O) groups is 1. The quantitative estimate of drug-likeness (QED) is 0.678. The summed E-state index contributed by atoms with van der Waals surface area (Å²) >= 11 is 0. The summed E-state index contributed by atoms with van der Waals surface area (Å²) in [5, 5.41) is 8.96. The van der Waals surface area contributed by atoms with E-state index in [0.29, 0.717) is 12.6 Å². The van der Waals surface area contributed by atoms with Gasteiger partial charge in [0.05, 0.1) is 18.7 Å². The van der Waals surface area contributed by atoms with Gasteiger partial charge in [0.2, 0.25) is 5.91 Å². The zero-order valence-corrected chi connectivity index (χ0v) is 11.9. The second-order valence-electron chi connectivity index (χ2n) is 4.96. The van der Waals surface area contributed by atoms with E-state index in [2.05, 4.69) is 11.0 Å². The number of rotatable bonds is 6. The molecule has 0 aromatic heterocycles. The summed E-state index contributed by atoms with van der Waals surface area (Å²) in [4.78, 5) is 16.3. The van der Waals surface area contributed by atoms with E-state index >= 15 is 0 Å². The molecule has 1 amide bonds. The molecule has 4 nitrogen and oxygen atoms in total. The van der Waals surface area contributed by atoms with E-state index in [1.807, 2.05) is 25.7 Å². The lowest BCUT2D eigenvalue weighted by atomic mass is 10.1. The highest BCUT2D eigenvalue weighted by Gasteiger charge is 2.31. The monoisotopic (exact) mass is 251 g/mol. The first-order valence-corrected chi connectivity index (χ1v) is 7.07. The third-order valence-electron chi connectivity index (χ3n) is 3.98. The van der Waals surface area contributed by atoms with Gasteiger partial charge in [0.25, 0.3) is 0 Å². The summed E-state index contributed by atoms with van der Waals surface area (Å²) in [6.45, 7) is 7.78. The zero-order valence-electron chi connectivity index (χ0n) is 11.9. The second kappa shape index (κ2) is 7.38. The Morgan fingerprint density at radius 2 is 1.89 bits per heavy atom. The van der Waals surface area contributed by atoms with Crippen molar-refractivity contribution >= 4 is 5.91 Å². The van der Waals surface area contributed by atoms with E-state index in [4.69, 9.17) is 5.26 Å². The fourth-order valence-electron chi connectivity index (χ4n) is 2.84. The summed E-state index contributed by atoms with van der Waals surface area (Å²) in [5.41, 5.74) is 0. The summed E-state index contributed by atoms with van der Waals surface area (Å²) in [6.07, 6.45) is 4.69. The van der Waals surface area contributed by atoms with E-state index in [1.165, 1.54) is 12.8 Å². The Morgan fingerprint density at radius 3 is 2.33 bits per heavy atom. The van der Waals surface area contributed by atoms with E-state index in [-0.39, 0.29) is 11.9 Å². The van der Waals surface area contributed by atoms with Gasteiger partial charge in [-0.15, -0.1) is 0 Å². The lowest BCUT2D eigenvalue weighted by Crippen LogP contribution is -2.50. The number of amides is 1. The molecule has 18 heavy (non-hydrogen) atoms. The molecule has 4 heteroatoms. The number of likely N-dealkylation sites (N-methyl/N-ethyl adjacent to an activating group) is 1. The van der Waals surface area contributed by atoms with Crippen molar-refractivity contribution in [2.45, 2.75) is 58.5 Å². The molecule has 1 aliphatic carbocycles. The topological polar surface area (TPSA) is 47.3 Å². The van der Waals surface area contributed by atoms with Gasteiger partial charge >= 0.3 is 0 Å². The second-order valence-corrected chi connectivity index (χ2v) is 4.96. The summed E-state index contributed by atoms with van der Waals surface area (Å²) < 4.78 is 0. The minimum atomic E-state index is -0.173. The molecular formula is C14H25N3O. The highest BCUT2D eigenvalue weighted by molar-refractivity contribution is 5.81. The van der Waals surface area contributed by atoms with Gasteiger partial charge in [-0.1, -0.05) is 12.8 Å². The molecule has 0 aliphatic heterocycles. The molecule has 1 saturated carbocycles. The van der Waals surface area contributed by atoms with Gasteiger partial charge in [-0.25, -0.2) is 0 Å². The average molecular weight is 251 g/mol. The van der Waals surface area contributed by atoms with Crippen LogP contribution in [0.15, 0.2) is 0 Å². The van der Waals surface area contributed by atoms with E-state index in [0.717, 1.165) is 25.9 Å². The van der Waals surface area contributed by atoms with Crippen molar-refractivity contribution in [2.75, 3.05) is 19.6 Å². The van der Waals surface area contributed by atoms with Crippen LogP contribution in [0.2, 0.25) is 0 Å². The van der Waals surface area contributed by atoms with Crippen LogP contribution in [0.4, 0.5) is 0 Å². The molecule has 0 aromatic rings. The molecule has 0 N–H and O–H groups in total. The molecule has 0 radical (unpaired) electrons. The fourth-order valence-corrected chi connectivity index (χ4v) is 2.84. The van der Waals surface area contributed by atoms with Crippen molar-refractivity contribution < 1.29 is 4.79 Å². The normalized spacial score (nSPS) is 17.7. The van der Waals surface area contributed by atoms with E-state index in [1.54, 1.807) is 0 Å². The van der Waals surface area contributed by atoms with Crippen molar-refractivity contribution in [3.05, 3.63) is 0 Å². The maximum Gasteiger partial charge on any atom is 0.239 e. The Balaban J connectivity index is 2.72. The Morgan fingerprint density at radius 1 is 1.33 bits per heavy atom. The number of nitrogens with zero attached hydrogens (tertiary/aromatic N) is 3. The Labute approximate surface area is 111 Å². The molecule has 0 aromatic carbocycles. The molecule has 1 fully saturated rings. The lowest BCUT2D eigenvalue weighted by Gasteiger charge is -2.34. The van der Waals surface area contributed by atoms with Gasteiger partial charge in [-0.05, 0) is 33.6 Å². The average Bonchev–Trinajstić information content (AvgIpc) is 2.90. The number of hydrogen-bond donors (Lipinski definition) is 0. The Bertz CT molecular complexity index is 301. The third-order valence-corrected chi connectivity index (χ3v) is 3.98. The summed E-state index contributed by atoms with van der Waals surface area (Å²) in [7, 11) is 0. The predicted molar refractivity (Wildman–Crippen MR) is 72.0 cm³/mol. The molecule has 1 rings (SSSR count). The molecule has 1 atom stereocenters. The molecule has 0 saturated heterocycles. The maximum atomic E-state index is 12.4. The lowest BCUT2D eigenvalue weighted by molar-refractivity contribution is -0.136. The highest BCUT2D eigenvalue weighted by Crippen LogP contribution is 2.25. The number of carbonyl (C=O) groups excluding carboxylic acids is 1. The van der Waals surface area contributed by atoms with Gasteiger partial charge in [-0.3, -0.25) is 9.69 Å². The minimum absolute atomic E-state index is 0.155. The molecule has 0 bridgehead atoms. The zero-order chi connectivity index (χ0) is 13.5. The van der Waals surface area contributed by atoms with Gasteiger partial charge in [0.1, 0.15) is 0 Å². The van der Waals surface area contributed by atoms with Crippen LogP contribution in [-0.4, -0.2) is 47.4 Å². The number of hydrogen-bond acceptors (Lipinski definition) is 3. The van der Waals surface area contributed by atoms with Crippen molar-refractivity contribution in [1.29, 1.82) is 5.26 Å². The van der Waals surface area contributed by atoms with Crippen molar-refractivity contribution in [3.8, 4) is 6.07 Å². The van der Waals surface area contributed by atoms with Crippen LogP contribution < -0.4 is 0 Å². The summed E-state index contributed by atoms with van der Waals surface area (Å²) in [5.74, 6) is 0.155. The first kappa shape index (κ1) is 15.0. The maximum absolute atomic E-state index is 12.4. The van der Waals surface area contributed by atoms with Crippen LogP contribution in [-0.2, 0) is 4.79 Å². The van der Waals surface area contributed by atoms with Crippen LogP contribution in [0.3, 0.4) is 0 Å². The van der Waals surface area contributed by atoms with Gasteiger partial charge in [0, 0.05) is 19.1 Å². The SMILES string of the molecule is CCN(CC)C(=O)C(C)N(CC#N)C1CCCC1. The number of nitriles is 1. The van der Waals surface area contributed by atoms with Crippen LogP contribution in [0.5, 0.6) is 0 Å². The molecule has 1 aliphatic rings.